The molecule has 1 rings (SSSR count). The van der Waals surface area contributed by atoms with Crippen LogP contribution in [-0.4, -0.2) is 60.1 Å². The van der Waals surface area contributed by atoms with Crippen LogP contribution in [0.4, 0.5) is 0 Å². The second-order valence-electron chi connectivity index (χ2n) is 5.35. The van der Waals surface area contributed by atoms with Crippen molar-refractivity contribution in [1.82, 2.24) is 9.80 Å². The Morgan fingerprint density at radius 1 is 1.22 bits per heavy atom. The number of aliphatic hydroxyl groups excluding tert-OH is 1. The number of likely N-dealkylation sites (tertiary alicyclic amines) is 1. The van der Waals surface area contributed by atoms with Crippen LogP contribution in [-0.2, 0) is 4.79 Å². The summed E-state index contributed by atoms with van der Waals surface area (Å²) < 4.78 is 0. The van der Waals surface area contributed by atoms with Gasteiger partial charge in [0.1, 0.15) is 0 Å². The number of carbonyl (C=O) groups excluding carboxylic acids is 1. The van der Waals surface area contributed by atoms with Crippen LogP contribution in [0.3, 0.4) is 0 Å². The van der Waals surface area contributed by atoms with Crippen LogP contribution >= 0.6 is 0 Å². The minimum atomic E-state index is 0.0615. The smallest absolute Gasteiger partial charge is 0.236 e. The topological polar surface area (TPSA) is 43.8 Å². The van der Waals surface area contributed by atoms with Crippen molar-refractivity contribution in [2.45, 2.75) is 40.0 Å². The second kappa shape index (κ2) is 7.10. The third kappa shape index (κ3) is 3.69. The summed E-state index contributed by atoms with van der Waals surface area (Å²) in [6.07, 6.45) is 2.87. The summed E-state index contributed by atoms with van der Waals surface area (Å²) in [5.41, 5.74) is 0.0615. The van der Waals surface area contributed by atoms with Gasteiger partial charge in [-0.1, -0.05) is 20.8 Å². The molecule has 0 bridgehead atoms. The number of rotatable bonds is 6. The second-order valence-corrected chi connectivity index (χ2v) is 5.35. The summed E-state index contributed by atoms with van der Waals surface area (Å²) in [4.78, 5) is 16.2. The fourth-order valence-electron chi connectivity index (χ4n) is 2.59. The van der Waals surface area contributed by atoms with Crippen molar-refractivity contribution in [2.24, 2.45) is 5.41 Å². The van der Waals surface area contributed by atoms with E-state index in [0.29, 0.717) is 6.54 Å². The Morgan fingerprint density at radius 3 is 2.17 bits per heavy atom. The Hall–Kier alpha value is -0.610. The van der Waals surface area contributed by atoms with Gasteiger partial charge in [-0.05, 0) is 37.8 Å². The number of carbonyl (C=O) groups is 1. The summed E-state index contributed by atoms with van der Waals surface area (Å²) in [6.45, 7) is 10.5. The molecule has 4 nitrogen and oxygen atoms in total. The Labute approximate surface area is 111 Å². The third-order valence-corrected chi connectivity index (χ3v) is 4.52. The van der Waals surface area contributed by atoms with Crippen molar-refractivity contribution >= 4 is 5.91 Å². The highest BCUT2D eigenvalue weighted by Gasteiger charge is 2.33. The molecule has 0 aromatic rings. The molecule has 0 saturated carbocycles. The normalized spacial score (nSPS) is 19.3. The van der Waals surface area contributed by atoms with Crippen molar-refractivity contribution in [3.63, 3.8) is 0 Å². The Kier molecular flexibility index (Phi) is 6.09. The standard InChI is InChI=1S/C14H28N2O2/c1-4-14(12-17)7-9-16(10-8-14)13(18)11-15(5-2)6-3/h17H,4-12H2,1-3H3. The first-order chi connectivity index (χ1) is 8.60. The lowest BCUT2D eigenvalue weighted by molar-refractivity contribution is -0.135. The summed E-state index contributed by atoms with van der Waals surface area (Å²) in [5.74, 6) is 0.237. The van der Waals surface area contributed by atoms with Crippen molar-refractivity contribution in [2.75, 3.05) is 39.3 Å². The van der Waals surface area contributed by atoms with Crippen molar-refractivity contribution in [3.8, 4) is 0 Å². The van der Waals surface area contributed by atoms with Crippen molar-refractivity contribution < 1.29 is 9.90 Å². The molecule has 18 heavy (non-hydrogen) atoms. The average Bonchev–Trinajstić information content (AvgIpc) is 2.44. The lowest BCUT2D eigenvalue weighted by Gasteiger charge is -2.40. The summed E-state index contributed by atoms with van der Waals surface area (Å²) in [7, 11) is 0. The Bertz CT molecular complexity index is 251. The van der Waals surface area contributed by atoms with Crippen LogP contribution in [0, 0.1) is 5.41 Å². The van der Waals surface area contributed by atoms with Gasteiger partial charge in [-0.15, -0.1) is 0 Å². The van der Waals surface area contributed by atoms with Crippen LogP contribution in [0.2, 0.25) is 0 Å². The molecule has 0 unspecified atom stereocenters. The van der Waals surface area contributed by atoms with E-state index < -0.39 is 0 Å². The van der Waals surface area contributed by atoms with Crippen LogP contribution in [0.15, 0.2) is 0 Å². The fourth-order valence-corrected chi connectivity index (χ4v) is 2.59. The SMILES string of the molecule is CCN(CC)CC(=O)N1CCC(CC)(CO)CC1. The zero-order chi connectivity index (χ0) is 13.6. The van der Waals surface area contributed by atoms with Crippen LogP contribution in [0.25, 0.3) is 0 Å². The maximum absolute atomic E-state index is 12.1. The molecular weight excluding hydrogens is 228 g/mol. The maximum Gasteiger partial charge on any atom is 0.236 e. The Morgan fingerprint density at radius 2 is 1.78 bits per heavy atom. The highest BCUT2D eigenvalue weighted by Crippen LogP contribution is 2.34. The summed E-state index contributed by atoms with van der Waals surface area (Å²) in [6, 6.07) is 0. The molecule has 1 amide bonds. The van der Waals surface area contributed by atoms with Gasteiger partial charge in [0.15, 0.2) is 0 Å². The molecule has 1 aliphatic heterocycles. The predicted molar refractivity (Wildman–Crippen MR) is 73.4 cm³/mol. The van der Waals surface area contributed by atoms with Gasteiger partial charge in [-0.2, -0.15) is 0 Å². The molecule has 1 N–H and O–H groups in total. The first kappa shape index (κ1) is 15.4. The van der Waals surface area contributed by atoms with E-state index in [1.165, 1.54) is 0 Å². The molecule has 0 aromatic heterocycles. The molecule has 0 radical (unpaired) electrons. The van der Waals surface area contributed by atoms with E-state index in [0.717, 1.165) is 45.4 Å². The molecule has 1 aliphatic rings. The van der Waals surface area contributed by atoms with E-state index in [2.05, 4.69) is 25.7 Å². The maximum atomic E-state index is 12.1. The summed E-state index contributed by atoms with van der Waals surface area (Å²) >= 11 is 0. The summed E-state index contributed by atoms with van der Waals surface area (Å²) in [5, 5.41) is 9.48. The van der Waals surface area contributed by atoms with E-state index in [1.54, 1.807) is 0 Å². The number of nitrogens with zero attached hydrogens (tertiary/aromatic N) is 2. The zero-order valence-corrected chi connectivity index (χ0v) is 12.1. The highest BCUT2D eigenvalue weighted by molar-refractivity contribution is 5.78. The molecule has 0 aliphatic carbocycles. The van der Waals surface area contributed by atoms with Crippen molar-refractivity contribution in [3.05, 3.63) is 0 Å². The first-order valence-corrected chi connectivity index (χ1v) is 7.21. The van der Waals surface area contributed by atoms with Crippen LogP contribution in [0.5, 0.6) is 0 Å². The van der Waals surface area contributed by atoms with Crippen LogP contribution in [0.1, 0.15) is 40.0 Å². The monoisotopic (exact) mass is 256 g/mol. The van der Waals surface area contributed by atoms with E-state index in [-0.39, 0.29) is 17.9 Å². The minimum absolute atomic E-state index is 0.0615. The number of hydrogen-bond acceptors (Lipinski definition) is 3. The molecule has 1 heterocycles. The molecule has 1 saturated heterocycles. The van der Waals surface area contributed by atoms with E-state index in [9.17, 15) is 9.90 Å². The molecule has 4 heteroatoms. The van der Waals surface area contributed by atoms with E-state index >= 15 is 0 Å². The Balaban J connectivity index is 2.45. The van der Waals surface area contributed by atoms with Gasteiger partial charge in [-0.25, -0.2) is 0 Å². The quantitative estimate of drug-likeness (QED) is 0.780. The fraction of sp³-hybridized carbons (Fsp3) is 0.929. The number of hydrogen-bond donors (Lipinski definition) is 1. The molecule has 0 aromatic carbocycles. The van der Waals surface area contributed by atoms with Gasteiger partial charge in [-0.3, -0.25) is 9.69 Å². The molecule has 1 fully saturated rings. The molecule has 0 atom stereocenters. The third-order valence-electron chi connectivity index (χ3n) is 4.52. The lowest BCUT2D eigenvalue weighted by atomic mass is 9.77. The minimum Gasteiger partial charge on any atom is -0.396 e. The van der Waals surface area contributed by atoms with Crippen LogP contribution < -0.4 is 0 Å². The number of amides is 1. The number of likely N-dealkylation sites (N-methyl/N-ethyl adjacent to an activating group) is 1. The van der Waals surface area contributed by atoms with Gasteiger partial charge in [0.25, 0.3) is 0 Å². The van der Waals surface area contributed by atoms with E-state index in [1.807, 2.05) is 4.90 Å². The number of aliphatic hydroxyl groups is 1. The molecular formula is C14H28N2O2. The van der Waals surface area contributed by atoms with Gasteiger partial charge >= 0.3 is 0 Å². The first-order valence-electron chi connectivity index (χ1n) is 7.21. The van der Waals surface area contributed by atoms with Gasteiger partial charge in [0.2, 0.25) is 5.91 Å². The number of piperidine rings is 1. The molecule has 0 spiro atoms. The average molecular weight is 256 g/mol. The molecule has 106 valence electrons. The predicted octanol–water partition coefficient (Wildman–Crippen LogP) is 1.34. The lowest BCUT2D eigenvalue weighted by Crippen LogP contribution is -2.47. The van der Waals surface area contributed by atoms with E-state index in [4.69, 9.17) is 0 Å². The zero-order valence-electron chi connectivity index (χ0n) is 12.1. The van der Waals surface area contributed by atoms with Gasteiger partial charge in [0, 0.05) is 19.7 Å². The van der Waals surface area contributed by atoms with Gasteiger partial charge in [0.05, 0.1) is 6.54 Å². The largest absolute Gasteiger partial charge is 0.396 e. The van der Waals surface area contributed by atoms with Crippen molar-refractivity contribution in [1.29, 1.82) is 0 Å². The highest BCUT2D eigenvalue weighted by atomic mass is 16.3. The van der Waals surface area contributed by atoms with Gasteiger partial charge < -0.3 is 10.0 Å².